The fourth-order valence-corrected chi connectivity index (χ4v) is 11.3. The van der Waals surface area contributed by atoms with Crippen LogP contribution in [-0.2, 0) is 49.7 Å². The molecule has 69 heavy (non-hydrogen) atoms. The predicted octanol–water partition coefficient (Wildman–Crippen LogP) is 2.82. The molecule has 1 heterocycles. The van der Waals surface area contributed by atoms with Gasteiger partial charge in [-0.05, 0) is 75.2 Å². The third-order valence-corrected chi connectivity index (χ3v) is 15.2. The number of hydrogen-bond acceptors (Lipinski definition) is 11. The Hall–Kier alpha value is -7.71. The number of fused-ring (bicyclic) bond motifs is 2. The number of ether oxygens (including phenoxy) is 1. The smallest absolute Gasteiger partial charge is 0.408 e. The molecule has 10 N–H and O–H groups in total. The number of carboxylic acid groups (broad SMARTS) is 3. The Morgan fingerprint density at radius 2 is 1.35 bits per heavy atom. The number of carbonyl (C=O) groups is 9. The number of rotatable bonds is 21. The van der Waals surface area contributed by atoms with E-state index in [9.17, 15) is 58.5 Å². The number of benzene rings is 3. The van der Waals surface area contributed by atoms with Crippen molar-refractivity contribution in [2.75, 3.05) is 5.32 Å². The first-order valence-electron chi connectivity index (χ1n) is 22.1. The van der Waals surface area contributed by atoms with E-state index in [0.717, 1.165) is 38.2 Å². The zero-order valence-electron chi connectivity index (χ0n) is 38.7. The van der Waals surface area contributed by atoms with Crippen molar-refractivity contribution >= 4 is 77.9 Å². The molecule has 0 fully saturated rings. The molecule has 3 aromatic rings. The van der Waals surface area contributed by atoms with Crippen LogP contribution in [0.3, 0.4) is 0 Å². The Labute approximate surface area is 398 Å². The van der Waals surface area contributed by atoms with Crippen LogP contribution in [0, 0.1) is 12.8 Å². The quantitative estimate of drug-likeness (QED) is 0.0548. The minimum absolute atomic E-state index is 0.226. The number of Topliss-reactive ketones (excluding diaryl/α,β-unsaturated/α-hetero) is 1. The maximum Gasteiger partial charge on any atom is 0.408 e. The number of carboxylic acids is 3. The Kier molecular flexibility index (Phi) is 17.3. The molecule has 0 saturated heterocycles. The van der Waals surface area contributed by atoms with Crippen molar-refractivity contribution in [3.8, 4) is 0 Å². The normalized spacial score (nSPS) is 16.2. The van der Waals surface area contributed by atoms with Crippen molar-refractivity contribution in [1.29, 1.82) is 0 Å². The van der Waals surface area contributed by atoms with E-state index in [0.29, 0.717) is 5.56 Å². The molecule has 0 bridgehead atoms. The van der Waals surface area contributed by atoms with E-state index in [1.54, 1.807) is 42.5 Å². The summed E-state index contributed by atoms with van der Waals surface area (Å²) in [6.45, 7) is 9.07. The Morgan fingerprint density at radius 3 is 1.99 bits per heavy atom. The molecule has 5 rings (SSSR count). The molecule has 5 amide bonds. The lowest BCUT2D eigenvalue weighted by atomic mass is 9.87. The molecule has 5 atom stereocenters. The zero-order valence-corrected chi connectivity index (χ0v) is 39.7. The molecule has 19 nitrogen and oxygen atoms in total. The number of hydrogen-bond donors (Lipinski definition) is 9. The van der Waals surface area contributed by atoms with Crippen LogP contribution in [0.4, 0.5) is 10.5 Å². The summed E-state index contributed by atoms with van der Waals surface area (Å²) in [6, 6.07) is 14.4. The number of aliphatic carboxylic acids is 3. The highest BCUT2D eigenvalue weighted by Crippen LogP contribution is 2.42. The van der Waals surface area contributed by atoms with Gasteiger partial charge in [0.1, 0.15) is 38.8 Å². The number of alkyl carbamates (subject to hydrolysis) is 1. The maximum absolute atomic E-state index is 13.8. The fraction of sp³-hybridized carbons (Fsp3) is 0.327. The molecule has 2 aliphatic rings. The van der Waals surface area contributed by atoms with Crippen LogP contribution in [0.1, 0.15) is 61.8 Å². The number of allylic oxidation sites excluding steroid dienone is 3. The fourth-order valence-electron chi connectivity index (χ4n) is 8.07. The molecule has 364 valence electrons. The second-order valence-electron chi connectivity index (χ2n) is 17.6. The molecule has 1 aliphatic heterocycles. The molecule has 3 aromatic carbocycles. The second kappa shape index (κ2) is 22.9. The molecule has 1 aliphatic carbocycles. The van der Waals surface area contributed by atoms with E-state index in [2.05, 4.69) is 39.7 Å². The van der Waals surface area contributed by atoms with Crippen LogP contribution in [0.25, 0.3) is 5.57 Å². The lowest BCUT2D eigenvalue weighted by molar-refractivity contribution is -0.143. The molecule has 0 spiro atoms. The van der Waals surface area contributed by atoms with Gasteiger partial charge in [-0.25, -0.2) is 4.79 Å². The first-order chi connectivity index (χ1) is 32.6. The van der Waals surface area contributed by atoms with Gasteiger partial charge < -0.3 is 52.4 Å². The van der Waals surface area contributed by atoms with Gasteiger partial charge in [-0.2, -0.15) is 0 Å². The summed E-state index contributed by atoms with van der Waals surface area (Å²) in [5.74, 6) is -11.2. The van der Waals surface area contributed by atoms with Crippen LogP contribution in [-0.4, -0.2) is 107 Å². The third kappa shape index (κ3) is 13.5. The highest BCUT2D eigenvalue weighted by atomic mass is 28.3. The molecule has 0 aromatic heterocycles. The van der Waals surface area contributed by atoms with Gasteiger partial charge in [0.05, 0.1) is 12.8 Å². The van der Waals surface area contributed by atoms with Gasteiger partial charge in [0, 0.05) is 18.2 Å². The molecule has 1 unspecified atom stereocenters. The lowest BCUT2D eigenvalue weighted by Crippen LogP contribution is -2.59. The highest BCUT2D eigenvalue weighted by Gasteiger charge is 2.41. The van der Waals surface area contributed by atoms with Gasteiger partial charge in [-0.15, -0.1) is 0 Å². The van der Waals surface area contributed by atoms with Crippen molar-refractivity contribution in [2.45, 2.75) is 96.4 Å². The first-order valence-corrected chi connectivity index (χ1v) is 25.1. The minimum Gasteiger partial charge on any atom is -0.481 e. The van der Waals surface area contributed by atoms with Crippen molar-refractivity contribution in [1.82, 2.24) is 21.3 Å². The van der Waals surface area contributed by atoms with E-state index >= 15 is 0 Å². The zero-order chi connectivity index (χ0) is 50.7. The molecular weight excluding hydrogens is 909 g/mol. The summed E-state index contributed by atoms with van der Waals surface area (Å²) >= 11 is 0. The van der Waals surface area contributed by atoms with Crippen molar-refractivity contribution in [3.63, 3.8) is 0 Å². The van der Waals surface area contributed by atoms with Crippen LogP contribution < -0.4 is 37.5 Å². The summed E-state index contributed by atoms with van der Waals surface area (Å²) in [5.41, 5.74) is 12.2. The molecule has 0 saturated carbocycles. The van der Waals surface area contributed by atoms with Crippen molar-refractivity contribution in [2.24, 2.45) is 11.7 Å². The van der Waals surface area contributed by atoms with Gasteiger partial charge in [0.15, 0.2) is 0 Å². The van der Waals surface area contributed by atoms with Crippen LogP contribution in [0.2, 0.25) is 13.1 Å². The largest absolute Gasteiger partial charge is 0.481 e. The summed E-state index contributed by atoms with van der Waals surface area (Å²) < 4.78 is 5.09. The summed E-state index contributed by atoms with van der Waals surface area (Å²) in [6.07, 6.45) is 1.62. The van der Waals surface area contributed by atoms with Gasteiger partial charge >= 0.3 is 24.0 Å². The van der Waals surface area contributed by atoms with Crippen LogP contribution >= 0.6 is 0 Å². The summed E-state index contributed by atoms with van der Waals surface area (Å²) in [4.78, 5) is 116. The van der Waals surface area contributed by atoms with Gasteiger partial charge in [0.25, 0.3) is 5.91 Å². The van der Waals surface area contributed by atoms with Gasteiger partial charge in [0.2, 0.25) is 23.5 Å². The lowest BCUT2D eigenvalue weighted by Gasteiger charge is -2.39. The minimum atomic E-state index is -2.51. The number of nitrogens with two attached hydrogens (primary N) is 1. The standard InChI is InChI=1S/C49H56N6O13Si/c1-26(2)43(55-45(63)34(19-20-39(56)57)52-46(64)36(24-41(60)61)54-49(67)68-25-28-12-7-6-8-13-28)47(65)53-35(23-40(58)59)44(62)48(66)51-30-16-18-33-38(22-30)69(4,5)37-21-29(50)15-17-32(37)42(33)31-14-10-9-11-27(31)3/h6-18,21-22,26,29,34-36,43H,19-20,23-25,50H2,1-5H3,(H,51,66)(H,52,64)(H,53,65)(H,54,67)(H,55,63)(H,56,57)(H,58,59)(H,60,61)/t29?,34-,35-,36-,43-/m0/s1. The Balaban J connectivity index is 1.33. The average Bonchev–Trinajstić information content (AvgIpc) is 3.28. The number of carbonyl (C=O) groups excluding carboxylic acids is 6. The van der Waals surface area contributed by atoms with Crippen LogP contribution in [0.5, 0.6) is 0 Å². The van der Waals surface area contributed by atoms with Crippen LogP contribution in [0.15, 0.2) is 102 Å². The molecular formula is C49H56N6O13Si. The Morgan fingerprint density at radius 1 is 0.725 bits per heavy atom. The van der Waals surface area contributed by atoms with Gasteiger partial charge in [-0.3, -0.25) is 38.4 Å². The topological polar surface area (TPSA) is 310 Å². The summed E-state index contributed by atoms with van der Waals surface area (Å²) in [7, 11) is -2.51. The highest BCUT2D eigenvalue weighted by molar-refractivity contribution is 6.97. The molecule has 0 radical (unpaired) electrons. The number of nitrogens with one attached hydrogen (secondary N) is 5. The van der Waals surface area contributed by atoms with E-state index in [1.807, 2.05) is 55.5 Å². The number of amides is 5. The average molecular weight is 965 g/mol. The van der Waals surface area contributed by atoms with E-state index in [-0.39, 0.29) is 18.3 Å². The Bertz CT molecular complexity index is 2630. The van der Waals surface area contributed by atoms with Crippen molar-refractivity contribution < 1.29 is 63.2 Å². The van der Waals surface area contributed by atoms with E-state index < -0.39 is 117 Å². The van der Waals surface area contributed by atoms with E-state index in [1.165, 1.54) is 13.8 Å². The summed E-state index contributed by atoms with van der Waals surface area (Å²) in [5, 5.41) is 42.3. The van der Waals surface area contributed by atoms with Crippen molar-refractivity contribution in [3.05, 3.63) is 124 Å². The third-order valence-electron chi connectivity index (χ3n) is 11.7. The number of ketones is 1. The molecule has 20 heteroatoms. The SMILES string of the molecule is Cc1ccccc1C1=C2C=CC(N)C=C2[Si](C)(C)c2cc(NC(=O)C(=O)[C@H](CC(=O)O)NC(=O)[C@@H](NC(=O)[C@H](CCC(=O)O)NC(=O)[C@H](CC(=O)O)NC(=O)OCc3ccccc3)C(C)C)ccc21. The maximum atomic E-state index is 13.8. The monoisotopic (exact) mass is 964 g/mol. The van der Waals surface area contributed by atoms with E-state index in [4.69, 9.17) is 10.5 Å². The number of anilines is 1. The van der Waals surface area contributed by atoms with Gasteiger partial charge in [-0.1, -0.05) is 106 Å². The first kappa shape index (κ1) is 52.3. The predicted molar refractivity (Wildman–Crippen MR) is 255 cm³/mol. The second-order valence-corrected chi connectivity index (χ2v) is 21.9. The number of aryl methyl sites for hydroxylation is 1.